The van der Waals surface area contributed by atoms with Crippen molar-refractivity contribution in [2.45, 2.75) is 11.3 Å². The molecule has 0 aromatic heterocycles. The average molecular weight is 419 g/mol. The van der Waals surface area contributed by atoms with Gasteiger partial charge in [0.05, 0.1) is 17.0 Å². The molecule has 0 atom stereocenters. The molecule has 23 heavy (non-hydrogen) atoms. The standard InChI is InChI=1S/C15H13BrClNO4S/c16-11-1-5-13(6-2-11)18(10-9-15(19)20)23(21,22)14-7-3-12(17)4-8-14/h1-8H,9-10H2,(H,19,20). The Bertz CT molecular complexity index is 791. The Morgan fingerprint density at radius 1 is 1.09 bits per heavy atom. The number of hydrogen-bond acceptors (Lipinski definition) is 3. The summed E-state index contributed by atoms with van der Waals surface area (Å²) in [4.78, 5) is 10.9. The molecule has 0 bridgehead atoms. The summed E-state index contributed by atoms with van der Waals surface area (Å²) in [6.45, 7) is -0.165. The van der Waals surface area contributed by atoms with E-state index in [1.165, 1.54) is 24.3 Å². The Hall–Kier alpha value is -1.57. The number of aliphatic carboxylic acids is 1. The van der Waals surface area contributed by atoms with E-state index in [9.17, 15) is 13.2 Å². The molecule has 2 rings (SSSR count). The van der Waals surface area contributed by atoms with Crippen molar-refractivity contribution in [3.63, 3.8) is 0 Å². The van der Waals surface area contributed by atoms with Crippen LogP contribution in [0.2, 0.25) is 5.02 Å². The molecule has 1 N–H and O–H groups in total. The average Bonchev–Trinajstić information content (AvgIpc) is 2.49. The minimum absolute atomic E-state index is 0.0511. The molecule has 0 radical (unpaired) electrons. The van der Waals surface area contributed by atoms with Crippen LogP contribution in [0.25, 0.3) is 0 Å². The third-order valence-electron chi connectivity index (χ3n) is 3.05. The molecular formula is C15H13BrClNO4S. The molecule has 8 heteroatoms. The van der Waals surface area contributed by atoms with E-state index in [1.807, 2.05) is 0 Å². The van der Waals surface area contributed by atoms with Crippen LogP contribution in [-0.4, -0.2) is 26.0 Å². The smallest absolute Gasteiger partial charge is 0.305 e. The van der Waals surface area contributed by atoms with E-state index >= 15 is 0 Å². The molecule has 0 spiro atoms. The fourth-order valence-electron chi connectivity index (χ4n) is 1.93. The highest BCUT2D eigenvalue weighted by Gasteiger charge is 2.25. The molecule has 0 saturated carbocycles. The predicted octanol–water partition coefficient (Wildman–Crippen LogP) is 3.77. The summed E-state index contributed by atoms with van der Waals surface area (Å²) in [5.41, 5.74) is 0.393. The number of nitrogens with zero attached hydrogens (tertiary/aromatic N) is 1. The second-order valence-corrected chi connectivity index (χ2v) is 7.87. The van der Waals surface area contributed by atoms with E-state index in [4.69, 9.17) is 16.7 Å². The first-order valence-electron chi connectivity index (χ1n) is 6.56. The van der Waals surface area contributed by atoms with Crippen LogP contribution in [0.5, 0.6) is 0 Å². The number of rotatable bonds is 6. The Labute approximate surface area is 147 Å². The molecule has 0 heterocycles. The highest BCUT2D eigenvalue weighted by atomic mass is 79.9. The fourth-order valence-corrected chi connectivity index (χ4v) is 3.78. The van der Waals surface area contributed by atoms with Crippen molar-refractivity contribution < 1.29 is 18.3 Å². The monoisotopic (exact) mass is 417 g/mol. The molecule has 0 unspecified atom stereocenters. The summed E-state index contributed by atoms with van der Waals surface area (Å²) in [6, 6.07) is 12.4. The summed E-state index contributed by atoms with van der Waals surface area (Å²) >= 11 is 9.07. The van der Waals surface area contributed by atoms with Gasteiger partial charge in [0.2, 0.25) is 0 Å². The summed E-state index contributed by atoms with van der Waals surface area (Å²) in [5.74, 6) is -1.07. The predicted molar refractivity (Wildman–Crippen MR) is 92.4 cm³/mol. The van der Waals surface area contributed by atoms with Gasteiger partial charge in [-0.3, -0.25) is 9.10 Å². The first-order valence-corrected chi connectivity index (χ1v) is 9.17. The van der Waals surface area contributed by atoms with Crippen molar-refractivity contribution >= 4 is 49.2 Å². The lowest BCUT2D eigenvalue weighted by atomic mass is 10.3. The maximum absolute atomic E-state index is 12.8. The van der Waals surface area contributed by atoms with Gasteiger partial charge < -0.3 is 5.11 Å². The number of hydrogen-bond donors (Lipinski definition) is 1. The number of anilines is 1. The highest BCUT2D eigenvalue weighted by Crippen LogP contribution is 2.26. The lowest BCUT2D eigenvalue weighted by Crippen LogP contribution is -2.33. The first kappa shape index (κ1) is 17.8. The fraction of sp³-hybridized carbons (Fsp3) is 0.133. The van der Waals surface area contributed by atoms with E-state index in [0.29, 0.717) is 10.7 Å². The molecule has 2 aromatic carbocycles. The second-order valence-electron chi connectivity index (χ2n) is 4.65. The summed E-state index contributed by atoms with van der Waals surface area (Å²) in [7, 11) is -3.88. The van der Waals surface area contributed by atoms with Crippen LogP contribution in [0.15, 0.2) is 57.9 Å². The second kappa shape index (κ2) is 7.33. The number of halogens is 2. The molecule has 0 aliphatic carbocycles. The lowest BCUT2D eigenvalue weighted by Gasteiger charge is -2.24. The Balaban J connectivity index is 2.44. The van der Waals surface area contributed by atoms with Crippen molar-refractivity contribution in [1.82, 2.24) is 0 Å². The van der Waals surface area contributed by atoms with Gasteiger partial charge in [0.1, 0.15) is 0 Å². The van der Waals surface area contributed by atoms with E-state index in [2.05, 4.69) is 15.9 Å². The van der Waals surface area contributed by atoms with Crippen LogP contribution in [-0.2, 0) is 14.8 Å². The maximum atomic E-state index is 12.8. The number of sulfonamides is 1. The van der Waals surface area contributed by atoms with Crippen LogP contribution < -0.4 is 4.31 Å². The van der Waals surface area contributed by atoms with Gasteiger partial charge in [0.15, 0.2) is 0 Å². The minimum atomic E-state index is -3.88. The molecule has 0 aliphatic heterocycles. The Kier molecular flexibility index (Phi) is 5.67. The quantitative estimate of drug-likeness (QED) is 0.775. The van der Waals surface area contributed by atoms with Gasteiger partial charge in [0, 0.05) is 16.0 Å². The summed E-state index contributed by atoms with van der Waals surface area (Å²) in [6.07, 6.45) is -0.303. The van der Waals surface area contributed by atoms with Gasteiger partial charge >= 0.3 is 5.97 Å². The van der Waals surface area contributed by atoms with E-state index in [1.54, 1.807) is 24.3 Å². The zero-order chi connectivity index (χ0) is 17.0. The van der Waals surface area contributed by atoms with Crippen LogP contribution in [0, 0.1) is 0 Å². The van der Waals surface area contributed by atoms with E-state index in [0.717, 1.165) is 8.78 Å². The van der Waals surface area contributed by atoms with Crippen LogP contribution in [0.1, 0.15) is 6.42 Å². The molecular weight excluding hydrogens is 406 g/mol. The molecule has 5 nitrogen and oxygen atoms in total. The molecule has 0 aliphatic rings. The third kappa shape index (κ3) is 4.46. The van der Waals surface area contributed by atoms with Crippen molar-refractivity contribution in [1.29, 1.82) is 0 Å². The van der Waals surface area contributed by atoms with Crippen molar-refractivity contribution in [3.8, 4) is 0 Å². The van der Waals surface area contributed by atoms with Crippen molar-refractivity contribution in [3.05, 3.63) is 58.0 Å². The molecule has 0 fully saturated rings. The van der Waals surface area contributed by atoms with Gasteiger partial charge in [-0.05, 0) is 48.5 Å². The van der Waals surface area contributed by atoms with Gasteiger partial charge in [0.25, 0.3) is 10.0 Å². The lowest BCUT2D eigenvalue weighted by molar-refractivity contribution is -0.136. The van der Waals surface area contributed by atoms with E-state index in [-0.39, 0.29) is 17.9 Å². The maximum Gasteiger partial charge on any atom is 0.305 e. The van der Waals surface area contributed by atoms with E-state index < -0.39 is 16.0 Å². The number of benzene rings is 2. The minimum Gasteiger partial charge on any atom is -0.481 e. The molecule has 0 amide bonds. The zero-order valence-electron chi connectivity index (χ0n) is 11.8. The molecule has 122 valence electrons. The molecule has 0 saturated heterocycles. The summed E-state index contributed by atoms with van der Waals surface area (Å²) < 4.78 is 27.5. The SMILES string of the molecule is O=C(O)CCN(c1ccc(Br)cc1)S(=O)(=O)c1ccc(Cl)cc1. The number of carboxylic acid groups (broad SMARTS) is 1. The largest absolute Gasteiger partial charge is 0.481 e. The molecule has 2 aromatic rings. The number of carbonyl (C=O) groups is 1. The van der Waals surface area contributed by atoms with Crippen molar-refractivity contribution in [2.75, 3.05) is 10.8 Å². The van der Waals surface area contributed by atoms with Crippen molar-refractivity contribution in [2.24, 2.45) is 0 Å². The Morgan fingerprint density at radius 2 is 1.65 bits per heavy atom. The zero-order valence-corrected chi connectivity index (χ0v) is 15.0. The normalized spacial score (nSPS) is 11.2. The van der Waals surface area contributed by atoms with Crippen LogP contribution in [0.4, 0.5) is 5.69 Å². The van der Waals surface area contributed by atoms with Crippen LogP contribution in [0.3, 0.4) is 0 Å². The summed E-state index contributed by atoms with van der Waals surface area (Å²) in [5, 5.41) is 9.30. The third-order valence-corrected chi connectivity index (χ3v) is 5.67. The Morgan fingerprint density at radius 3 is 2.17 bits per heavy atom. The highest BCUT2D eigenvalue weighted by molar-refractivity contribution is 9.10. The first-order chi connectivity index (χ1) is 10.8. The topological polar surface area (TPSA) is 74.7 Å². The van der Waals surface area contributed by atoms with Gasteiger partial charge in [-0.25, -0.2) is 8.42 Å². The van der Waals surface area contributed by atoms with Gasteiger partial charge in [-0.2, -0.15) is 0 Å². The number of carboxylic acids is 1. The van der Waals surface area contributed by atoms with Gasteiger partial charge in [-0.1, -0.05) is 27.5 Å². The van der Waals surface area contributed by atoms with Crippen LogP contribution >= 0.6 is 27.5 Å². The van der Waals surface area contributed by atoms with Gasteiger partial charge in [-0.15, -0.1) is 0 Å².